The van der Waals surface area contributed by atoms with Crippen LogP contribution in [-0.4, -0.2) is 18.6 Å². The Kier molecular flexibility index (Phi) is 7.45. The SMILES string of the molecule is CSCCCNC(C)c1ccc(CC(C)C)cc1. The Hall–Kier alpha value is -0.470. The van der Waals surface area contributed by atoms with Gasteiger partial charge in [0.05, 0.1) is 0 Å². The molecule has 1 N–H and O–H groups in total. The van der Waals surface area contributed by atoms with Crippen molar-refractivity contribution in [3.05, 3.63) is 35.4 Å². The van der Waals surface area contributed by atoms with E-state index in [1.54, 1.807) is 0 Å². The van der Waals surface area contributed by atoms with Gasteiger partial charge >= 0.3 is 0 Å². The van der Waals surface area contributed by atoms with Crippen molar-refractivity contribution in [2.24, 2.45) is 5.92 Å². The topological polar surface area (TPSA) is 12.0 Å². The van der Waals surface area contributed by atoms with E-state index in [0.717, 1.165) is 12.5 Å². The molecular weight excluding hydrogens is 238 g/mol. The van der Waals surface area contributed by atoms with Crippen molar-refractivity contribution in [3.8, 4) is 0 Å². The molecule has 0 fully saturated rings. The molecule has 0 bridgehead atoms. The van der Waals surface area contributed by atoms with Crippen molar-refractivity contribution in [2.75, 3.05) is 18.6 Å². The molecule has 18 heavy (non-hydrogen) atoms. The number of thioether (sulfide) groups is 1. The van der Waals surface area contributed by atoms with E-state index in [2.05, 4.69) is 56.6 Å². The van der Waals surface area contributed by atoms with Crippen LogP contribution in [0.5, 0.6) is 0 Å². The predicted octanol–water partition coefficient (Wildman–Crippen LogP) is 4.29. The molecule has 102 valence electrons. The minimum atomic E-state index is 0.458. The highest BCUT2D eigenvalue weighted by Gasteiger charge is 2.04. The summed E-state index contributed by atoms with van der Waals surface area (Å²) in [6.45, 7) is 7.89. The first-order valence-electron chi connectivity index (χ1n) is 6.94. The van der Waals surface area contributed by atoms with Gasteiger partial charge in [-0.2, -0.15) is 11.8 Å². The zero-order chi connectivity index (χ0) is 13.4. The molecule has 1 aromatic rings. The third-order valence-electron chi connectivity index (χ3n) is 3.10. The molecule has 0 amide bonds. The van der Waals surface area contributed by atoms with Crippen LogP contribution in [0, 0.1) is 5.92 Å². The van der Waals surface area contributed by atoms with Gasteiger partial charge in [-0.15, -0.1) is 0 Å². The van der Waals surface area contributed by atoms with Gasteiger partial charge < -0.3 is 5.32 Å². The first-order valence-corrected chi connectivity index (χ1v) is 8.34. The van der Waals surface area contributed by atoms with Crippen LogP contribution in [0.2, 0.25) is 0 Å². The molecule has 0 heterocycles. The lowest BCUT2D eigenvalue weighted by molar-refractivity contribution is 0.572. The summed E-state index contributed by atoms with van der Waals surface area (Å²) in [6, 6.07) is 9.54. The van der Waals surface area contributed by atoms with Crippen molar-refractivity contribution in [1.29, 1.82) is 0 Å². The van der Waals surface area contributed by atoms with Crippen LogP contribution < -0.4 is 5.32 Å². The Bertz CT molecular complexity index is 318. The fraction of sp³-hybridized carbons (Fsp3) is 0.625. The maximum atomic E-state index is 3.58. The van der Waals surface area contributed by atoms with E-state index >= 15 is 0 Å². The van der Waals surface area contributed by atoms with Crippen LogP contribution in [0.4, 0.5) is 0 Å². The van der Waals surface area contributed by atoms with Gasteiger partial charge in [-0.1, -0.05) is 38.1 Å². The number of nitrogens with one attached hydrogen (secondary N) is 1. The lowest BCUT2D eigenvalue weighted by Crippen LogP contribution is -2.20. The maximum Gasteiger partial charge on any atom is 0.0291 e. The van der Waals surface area contributed by atoms with Gasteiger partial charge in [-0.25, -0.2) is 0 Å². The van der Waals surface area contributed by atoms with Gasteiger partial charge in [0.25, 0.3) is 0 Å². The summed E-state index contributed by atoms with van der Waals surface area (Å²) < 4.78 is 0. The Morgan fingerprint density at radius 3 is 2.33 bits per heavy atom. The van der Waals surface area contributed by atoms with Gasteiger partial charge in [-0.3, -0.25) is 0 Å². The Balaban J connectivity index is 2.41. The molecule has 0 aliphatic heterocycles. The van der Waals surface area contributed by atoms with Crippen molar-refractivity contribution in [3.63, 3.8) is 0 Å². The second-order valence-electron chi connectivity index (χ2n) is 5.36. The monoisotopic (exact) mass is 265 g/mol. The van der Waals surface area contributed by atoms with E-state index in [0.29, 0.717) is 6.04 Å². The van der Waals surface area contributed by atoms with Crippen LogP contribution in [0.15, 0.2) is 24.3 Å². The third kappa shape index (κ3) is 5.92. The number of hydrogen-bond acceptors (Lipinski definition) is 2. The molecule has 1 aromatic carbocycles. The molecule has 1 rings (SSSR count). The highest BCUT2D eigenvalue weighted by Crippen LogP contribution is 2.15. The smallest absolute Gasteiger partial charge is 0.0291 e. The molecule has 2 heteroatoms. The second-order valence-corrected chi connectivity index (χ2v) is 6.35. The maximum absolute atomic E-state index is 3.58. The normalized spacial score (nSPS) is 12.9. The summed E-state index contributed by atoms with van der Waals surface area (Å²) in [5, 5.41) is 3.58. The highest BCUT2D eigenvalue weighted by atomic mass is 32.2. The lowest BCUT2D eigenvalue weighted by Gasteiger charge is -2.15. The highest BCUT2D eigenvalue weighted by molar-refractivity contribution is 7.98. The molecular formula is C16H27NS. The van der Waals surface area contributed by atoms with Crippen molar-refractivity contribution in [1.82, 2.24) is 5.32 Å². The average molecular weight is 265 g/mol. The summed E-state index contributed by atoms with van der Waals surface area (Å²) in [4.78, 5) is 0. The van der Waals surface area contributed by atoms with Crippen molar-refractivity contribution in [2.45, 2.75) is 39.7 Å². The molecule has 1 atom stereocenters. The molecule has 0 radical (unpaired) electrons. The number of rotatable bonds is 8. The van der Waals surface area contributed by atoms with Crippen LogP contribution in [-0.2, 0) is 6.42 Å². The molecule has 0 aromatic heterocycles. The first kappa shape index (κ1) is 15.6. The fourth-order valence-corrected chi connectivity index (χ4v) is 2.50. The van der Waals surface area contributed by atoms with Gasteiger partial charge in [0.2, 0.25) is 0 Å². The van der Waals surface area contributed by atoms with Gasteiger partial charge in [0.15, 0.2) is 0 Å². The molecule has 0 aliphatic rings. The molecule has 1 unspecified atom stereocenters. The standard InChI is InChI=1S/C16H27NS/c1-13(2)12-15-6-8-16(9-7-15)14(3)17-10-5-11-18-4/h6-9,13-14,17H,5,10-12H2,1-4H3. The zero-order valence-corrected chi connectivity index (χ0v) is 13.0. The fourth-order valence-electron chi connectivity index (χ4n) is 2.07. The Morgan fingerprint density at radius 1 is 1.11 bits per heavy atom. The van der Waals surface area contributed by atoms with Crippen LogP contribution in [0.3, 0.4) is 0 Å². The minimum Gasteiger partial charge on any atom is -0.310 e. The quantitative estimate of drug-likeness (QED) is 0.704. The van der Waals surface area contributed by atoms with E-state index in [1.165, 1.54) is 29.7 Å². The average Bonchev–Trinajstić information content (AvgIpc) is 2.34. The molecule has 0 aliphatic carbocycles. The number of hydrogen-bond donors (Lipinski definition) is 1. The van der Waals surface area contributed by atoms with Gasteiger partial charge in [0.1, 0.15) is 0 Å². The molecule has 0 saturated heterocycles. The predicted molar refractivity (Wildman–Crippen MR) is 84.4 cm³/mol. The van der Waals surface area contributed by atoms with Crippen LogP contribution in [0.1, 0.15) is 44.4 Å². The summed E-state index contributed by atoms with van der Waals surface area (Å²) in [5.74, 6) is 1.98. The van der Waals surface area contributed by atoms with Crippen molar-refractivity contribution < 1.29 is 0 Å². The van der Waals surface area contributed by atoms with E-state index < -0.39 is 0 Å². The number of benzene rings is 1. The Morgan fingerprint density at radius 2 is 1.78 bits per heavy atom. The van der Waals surface area contributed by atoms with Crippen molar-refractivity contribution >= 4 is 11.8 Å². The lowest BCUT2D eigenvalue weighted by atomic mass is 10.00. The summed E-state index contributed by atoms with van der Waals surface area (Å²) in [5.41, 5.74) is 2.84. The van der Waals surface area contributed by atoms with Crippen LogP contribution >= 0.6 is 11.8 Å². The van der Waals surface area contributed by atoms with E-state index in [9.17, 15) is 0 Å². The largest absolute Gasteiger partial charge is 0.310 e. The van der Waals surface area contributed by atoms with Gasteiger partial charge in [-0.05, 0) is 55.4 Å². The summed E-state index contributed by atoms with van der Waals surface area (Å²) in [7, 11) is 0. The molecule has 1 nitrogen and oxygen atoms in total. The van der Waals surface area contributed by atoms with Gasteiger partial charge in [0, 0.05) is 6.04 Å². The summed E-state index contributed by atoms with van der Waals surface area (Å²) >= 11 is 1.92. The molecule has 0 spiro atoms. The third-order valence-corrected chi connectivity index (χ3v) is 3.80. The minimum absolute atomic E-state index is 0.458. The second kappa shape index (κ2) is 8.60. The van der Waals surface area contributed by atoms with E-state index in [-0.39, 0.29) is 0 Å². The summed E-state index contributed by atoms with van der Waals surface area (Å²) in [6.07, 6.45) is 4.59. The van der Waals surface area contributed by atoms with Crippen LogP contribution in [0.25, 0.3) is 0 Å². The van der Waals surface area contributed by atoms with E-state index in [4.69, 9.17) is 0 Å². The molecule has 0 saturated carbocycles. The first-order chi connectivity index (χ1) is 8.63. The zero-order valence-electron chi connectivity index (χ0n) is 12.2. The van der Waals surface area contributed by atoms with E-state index in [1.807, 2.05) is 11.8 Å². The Labute approximate surface area is 117 Å².